The molecule has 0 unspecified atom stereocenters. The highest BCUT2D eigenvalue weighted by Crippen LogP contribution is 2.08. The molecule has 1 amide bonds. The molecule has 0 fully saturated rings. The fourth-order valence-electron chi connectivity index (χ4n) is 1.94. The highest BCUT2D eigenvalue weighted by atomic mass is 16.6. The minimum absolute atomic E-state index is 0.161. The van der Waals surface area contributed by atoms with Crippen LogP contribution >= 0.6 is 0 Å². The van der Waals surface area contributed by atoms with E-state index in [-0.39, 0.29) is 18.7 Å². The van der Waals surface area contributed by atoms with E-state index in [1.54, 1.807) is 7.05 Å². The van der Waals surface area contributed by atoms with Crippen molar-refractivity contribution in [3.05, 3.63) is 0 Å². The van der Waals surface area contributed by atoms with Crippen molar-refractivity contribution in [2.45, 2.75) is 65.4 Å². The highest BCUT2D eigenvalue weighted by Gasteiger charge is 2.19. The third-order valence-electron chi connectivity index (χ3n) is 3.37. The Morgan fingerprint density at radius 1 is 0.885 bits per heavy atom. The van der Waals surface area contributed by atoms with Crippen LogP contribution in [0.4, 0.5) is 4.79 Å². The second-order valence-corrected chi connectivity index (χ2v) is 7.16. The van der Waals surface area contributed by atoms with E-state index in [1.165, 1.54) is 4.90 Å². The fourth-order valence-corrected chi connectivity index (χ4v) is 1.94. The molecule has 0 aliphatic rings. The molecule has 0 N–H and O–H groups in total. The zero-order chi connectivity index (χ0) is 19.8. The monoisotopic (exact) mass is 375 g/mol. The number of likely N-dealkylation sites (N-methyl/N-ethyl adjacent to an activating group) is 1. The zero-order valence-corrected chi connectivity index (χ0v) is 17.2. The largest absolute Gasteiger partial charge is 0.463 e. The molecule has 26 heavy (non-hydrogen) atoms. The van der Waals surface area contributed by atoms with Crippen LogP contribution in [0.15, 0.2) is 0 Å². The minimum atomic E-state index is -0.501. The fraction of sp³-hybridized carbons (Fsp3) is 0.895. The van der Waals surface area contributed by atoms with Crippen molar-refractivity contribution in [1.29, 1.82) is 0 Å². The number of amides is 1. The third-order valence-corrected chi connectivity index (χ3v) is 3.37. The number of ether oxygens (including phenoxy) is 4. The maximum Gasteiger partial charge on any atom is 0.410 e. The number of rotatable bonds is 14. The van der Waals surface area contributed by atoms with Crippen LogP contribution in [0.2, 0.25) is 0 Å². The molecule has 0 atom stereocenters. The topological polar surface area (TPSA) is 74.3 Å². The number of hydrogen-bond donors (Lipinski definition) is 0. The predicted molar refractivity (Wildman–Crippen MR) is 100 cm³/mol. The van der Waals surface area contributed by atoms with Gasteiger partial charge in [0.15, 0.2) is 0 Å². The summed E-state index contributed by atoms with van der Waals surface area (Å²) in [6.07, 6.45) is 4.39. The number of unbranched alkanes of at least 4 members (excludes halogenated alkanes) is 3. The van der Waals surface area contributed by atoms with Gasteiger partial charge in [0.25, 0.3) is 0 Å². The quantitative estimate of drug-likeness (QED) is 0.342. The Labute approximate surface area is 158 Å². The zero-order valence-electron chi connectivity index (χ0n) is 17.2. The van der Waals surface area contributed by atoms with Crippen LogP contribution in [0.25, 0.3) is 0 Å². The van der Waals surface area contributed by atoms with E-state index >= 15 is 0 Å². The van der Waals surface area contributed by atoms with E-state index in [0.717, 1.165) is 25.7 Å². The Morgan fingerprint density at radius 3 is 2.12 bits per heavy atom. The minimum Gasteiger partial charge on any atom is -0.463 e. The molecule has 0 aliphatic carbocycles. The molecule has 0 saturated heterocycles. The molecular weight excluding hydrogens is 338 g/mol. The van der Waals surface area contributed by atoms with Crippen molar-refractivity contribution in [2.24, 2.45) is 0 Å². The lowest BCUT2D eigenvalue weighted by Gasteiger charge is -2.24. The summed E-state index contributed by atoms with van der Waals surface area (Å²) >= 11 is 0. The first kappa shape index (κ1) is 24.7. The van der Waals surface area contributed by atoms with Crippen molar-refractivity contribution >= 4 is 12.1 Å². The summed E-state index contributed by atoms with van der Waals surface area (Å²) in [6, 6.07) is 0. The van der Waals surface area contributed by atoms with Crippen molar-refractivity contribution in [2.75, 3.05) is 46.6 Å². The predicted octanol–water partition coefficient (Wildman–Crippen LogP) is 3.40. The Balaban J connectivity index is 3.43. The Hall–Kier alpha value is -1.34. The van der Waals surface area contributed by atoms with Crippen LogP contribution in [0, 0.1) is 0 Å². The molecule has 7 nitrogen and oxygen atoms in total. The molecule has 0 spiro atoms. The second-order valence-electron chi connectivity index (χ2n) is 7.16. The Kier molecular flexibility index (Phi) is 14.0. The van der Waals surface area contributed by atoms with E-state index < -0.39 is 5.60 Å². The van der Waals surface area contributed by atoms with Gasteiger partial charge in [0, 0.05) is 20.0 Å². The van der Waals surface area contributed by atoms with Gasteiger partial charge in [-0.15, -0.1) is 0 Å². The van der Waals surface area contributed by atoms with Crippen LogP contribution in [-0.2, 0) is 23.7 Å². The molecule has 154 valence electrons. The Morgan fingerprint density at radius 2 is 1.50 bits per heavy atom. The molecule has 0 radical (unpaired) electrons. The molecule has 0 rings (SSSR count). The lowest BCUT2D eigenvalue weighted by atomic mass is 10.2. The number of hydrogen-bond acceptors (Lipinski definition) is 6. The maximum atomic E-state index is 11.7. The highest BCUT2D eigenvalue weighted by molar-refractivity contribution is 5.69. The lowest BCUT2D eigenvalue weighted by Crippen LogP contribution is -2.36. The van der Waals surface area contributed by atoms with E-state index in [1.807, 2.05) is 20.8 Å². The van der Waals surface area contributed by atoms with Crippen molar-refractivity contribution in [3.63, 3.8) is 0 Å². The van der Waals surface area contributed by atoms with Gasteiger partial charge in [0.2, 0.25) is 0 Å². The molecule has 7 heteroatoms. The van der Waals surface area contributed by atoms with Gasteiger partial charge < -0.3 is 23.8 Å². The number of carbonyl (C=O) groups excluding carboxylic acids is 2. The average Bonchev–Trinajstić information content (AvgIpc) is 2.55. The van der Waals surface area contributed by atoms with E-state index in [4.69, 9.17) is 18.9 Å². The summed E-state index contributed by atoms with van der Waals surface area (Å²) in [7, 11) is 1.67. The lowest BCUT2D eigenvalue weighted by molar-refractivity contribution is -0.145. The SMILES string of the molecule is CCCCCCC(=O)OCCOCCOCCN(C)C(=O)OC(C)(C)C. The maximum absolute atomic E-state index is 11.7. The molecule has 0 aliphatic heterocycles. The van der Waals surface area contributed by atoms with Gasteiger partial charge in [-0.25, -0.2) is 4.79 Å². The van der Waals surface area contributed by atoms with Crippen LogP contribution in [-0.4, -0.2) is 69.2 Å². The summed E-state index contributed by atoms with van der Waals surface area (Å²) in [4.78, 5) is 24.7. The summed E-state index contributed by atoms with van der Waals surface area (Å²) in [5.74, 6) is -0.161. The van der Waals surface area contributed by atoms with Gasteiger partial charge in [-0.2, -0.15) is 0 Å². The van der Waals surface area contributed by atoms with Crippen LogP contribution in [0.3, 0.4) is 0 Å². The number of esters is 1. The first-order valence-electron chi connectivity index (χ1n) is 9.51. The summed E-state index contributed by atoms with van der Waals surface area (Å²) in [5, 5.41) is 0. The molecule has 0 aromatic rings. The average molecular weight is 376 g/mol. The van der Waals surface area contributed by atoms with Crippen molar-refractivity contribution in [1.82, 2.24) is 4.90 Å². The summed E-state index contributed by atoms with van der Waals surface area (Å²) in [6.45, 7) is 9.96. The van der Waals surface area contributed by atoms with Crippen molar-refractivity contribution in [3.8, 4) is 0 Å². The second kappa shape index (κ2) is 14.8. The molecule has 0 aromatic heterocycles. The standard InChI is InChI=1S/C19H37NO6/c1-6-7-8-9-10-17(21)25-16-15-24-14-13-23-12-11-20(5)18(22)26-19(2,3)4/h6-16H2,1-5H3. The van der Waals surface area contributed by atoms with Gasteiger partial charge in [-0.1, -0.05) is 26.2 Å². The molecule has 0 saturated carbocycles. The molecule has 0 heterocycles. The normalized spacial score (nSPS) is 11.3. The van der Waals surface area contributed by atoms with Crippen molar-refractivity contribution < 1.29 is 28.5 Å². The van der Waals surface area contributed by atoms with Gasteiger partial charge >= 0.3 is 12.1 Å². The third kappa shape index (κ3) is 16.1. The summed E-state index contributed by atoms with van der Waals surface area (Å²) < 4.78 is 21.1. The van der Waals surface area contributed by atoms with Gasteiger partial charge in [0.1, 0.15) is 12.2 Å². The first-order valence-corrected chi connectivity index (χ1v) is 9.51. The van der Waals surface area contributed by atoms with Gasteiger partial charge in [-0.05, 0) is 27.2 Å². The Bertz CT molecular complexity index is 381. The molecule has 0 bridgehead atoms. The first-order chi connectivity index (χ1) is 12.3. The van der Waals surface area contributed by atoms with Crippen LogP contribution < -0.4 is 0 Å². The molecular formula is C19H37NO6. The number of carbonyl (C=O) groups is 2. The summed E-state index contributed by atoms with van der Waals surface area (Å²) in [5.41, 5.74) is -0.501. The van der Waals surface area contributed by atoms with E-state index in [0.29, 0.717) is 39.4 Å². The van der Waals surface area contributed by atoms with E-state index in [9.17, 15) is 9.59 Å². The van der Waals surface area contributed by atoms with Crippen LogP contribution in [0.1, 0.15) is 59.8 Å². The number of nitrogens with zero attached hydrogens (tertiary/aromatic N) is 1. The van der Waals surface area contributed by atoms with Gasteiger partial charge in [-0.3, -0.25) is 4.79 Å². The van der Waals surface area contributed by atoms with Crippen LogP contribution in [0.5, 0.6) is 0 Å². The van der Waals surface area contributed by atoms with E-state index in [2.05, 4.69) is 6.92 Å². The van der Waals surface area contributed by atoms with Gasteiger partial charge in [0.05, 0.1) is 26.4 Å². The smallest absolute Gasteiger partial charge is 0.410 e. The molecule has 0 aromatic carbocycles.